The second-order valence-corrected chi connectivity index (χ2v) is 1.83. The summed E-state index contributed by atoms with van der Waals surface area (Å²) in [6.07, 6.45) is 1.74. The molecule has 0 rings (SSSR count). The van der Waals surface area contributed by atoms with Crippen LogP contribution in [0.4, 0.5) is 0 Å². The Morgan fingerprint density at radius 2 is 2.33 bits per heavy atom. The fourth-order valence-corrected chi connectivity index (χ4v) is 0.274. The van der Waals surface area contributed by atoms with Gasteiger partial charge in [0.1, 0.15) is 0 Å². The molecule has 0 heterocycles. The molecule has 0 fully saturated rings. The predicted octanol–water partition coefficient (Wildman–Crippen LogP) is -0.982. The molecule has 0 aliphatic rings. The average Bonchev–Trinajstić information content (AvgIpc) is 1.41. The zero-order valence-electron chi connectivity index (χ0n) is 3.15. The van der Waals surface area contributed by atoms with Gasteiger partial charge in [-0.3, -0.25) is 0 Å². The normalized spacial score (nSPS) is 8.17. The van der Waals surface area contributed by atoms with Gasteiger partial charge in [0.2, 0.25) is 0 Å². The Labute approximate surface area is 83.2 Å². The molecule has 1 N–H and O–H groups in total. The van der Waals surface area contributed by atoms with Crippen molar-refractivity contribution in [3.8, 4) is 0 Å². The number of hydrogen-bond acceptors (Lipinski definition) is 1. The first-order valence-electron chi connectivity index (χ1n) is 1.63. The molecule has 0 unspecified atom stereocenters. The van der Waals surface area contributed by atoms with Crippen LogP contribution in [-0.4, -0.2) is 65.9 Å². The van der Waals surface area contributed by atoms with Gasteiger partial charge in [0, 0.05) is 0 Å². The number of hydrogen-bond donors (Lipinski definition) is 1. The summed E-state index contributed by atoms with van der Waals surface area (Å²) in [6.45, 7) is 3.43. The first-order valence-corrected chi connectivity index (χ1v) is 3.27. The van der Waals surface area contributed by atoms with E-state index in [4.69, 9.17) is 4.80 Å². The van der Waals surface area contributed by atoms with E-state index in [9.17, 15) is 0 Å². The van der Waals surface area contributed by atoms with Crippen molar-refractivity contribution < 1.29 is 4.80 Å². The van der Waals surface area contributed by atoms with E-state index in [-0.39, 0.29) is 51.4 Å². The van der Waals surface area contributed by atoms with Gasteiger partial charge < -0.3 is 4.80 Å². The molecule has 0 aromatic rings. The molecular weight excluding hydrogens is 119 g/mol. The van der Waals surface area contributed by atoms with Crippen molar-refractivity contribution in [3.63, 3.8) is 0 Å². The third kappa shape index (κ3) is 9.12. The van der Waals surface area contributed by atoms with Crippen LogP contribution in [0, 0.1) is 0 Å². The van der Waals surface area contributed by atoms with Gasteiger partial charge in [-0.1, -0.05) is 6.08 Å². The van der Waals surface area contributed by atoms with Gasteiger partial charge in [-0.2, -0.15) is 0 Å². The van der Waals surface area contributed by atoms with Crippen LogP contribution in [0.25, 0.3) is 0 Å². The first kappa shape index (κ1) is 10.5. The van der Waals surface area contributed by atoms with Gasteiger partial charge in [-0.25, -0.2) is 0 Å². The first-order chi connectivity index (χ1) is 2.41. The monoisotopic (exact) mass is 128 g/mol. The van der Waals surface area contributed by atoms with Crippen molar-refractivity contribution in [1.29, 1.82) is 0 Å². The summed E-state index contributed by atoms with van der Waals surface area (Å²) < 4.78 is 0. The molecule has 6 heavy (non-hydrogen) atoms. The van der Waals surface area contributed by atoms with Gasteiger partial charge >= 0.3 is 51.4 Å². The fraction of sp³-hybridized carbons (Fsp3) is 0.333. The van der Waals surface area contributed by atoms with E-state index in [0.29, 0.717) is 0 Å². The summed E-state index contributed by atoms with van der Waals surface area (Å²) in [5, 5.41) is 0. The van der Waals surface area contributed by atoms with E-state index in [1.807, 2.05) is 0 Å². The Morgan fingerprint density at radius 3 is 2.33 bits per heavy atom. The van der Waals surface area contributed by atoms with Crippen molar-refractivity contribution >= 4 is 61.1 Å². The molecule has 0 aromatic heterocycles. The predicted molar refractivity (Wildman–Crippen MR) is 32.9 cm³/mol. The van der Waals surface area contributed by atoms with Crippen LogP contribution in [0.1, 0.15) is 0 Å². The summed E-state index contributed by atoms with van der Waals surface area (Å²) in [5.74, 6) is 0. The van der Waals surface area contributed by atoms with Crippen molar-refractivity contribution in [1.82, 2.24) is 0 Å². The van der Waals surface area contributed by atoms with E-state index < -0.39 is 9.76 Å². The Balaban J connectivity index is 0. The quantitative estimate of drug-likeness (QED) is 0.374. The van der Waals surface area contributed by atoms with Crippen molar-refractivity contribution in [2.24, 2.45) is 0 Å². The van der Waals surface area contributed by atoms with Crippen LogP contribution >= 0.6 is 0 Å². The van der Waals surface area contributed by atoms with Crippen molar-refractivity contribution in [2.75, 3.05) is 0 Å². The summed E-state index contributed by atoms with van der Waals surface area (Å²) >= 11 is 0. The van der Waals surface area contributed by atoms with Crippen LogP contribution in [0.5, 0.6) is 0 Å². The maximum atomic E-state index is 8.13. The van der Waals surface area contributed by atoms with Gasteiger partial charge in [0.15, 0.2) is 9.76 Å². The van der Waals surface area contributed by atoms with Crippen molar-refractivity contribution in [3.05, 3.63) is 12.7 Å². The van der Waals surface area contributed by atoms with E-state index in [0.717, 1.165) is 6.04 Å². The van der Waals surface area contributed by atoms with Crippen LogP contribution in [0.3, 0.4) is 0 Å². The molecular formula is C3H9KOSi. The molecule has 32 valence electrons. The van der Waals surface area contributed by atoms with Crippen LogP contribution < -0.4 is 0 Å². The molecule has 0 aliphatic heterocycles. The van der Waals surface area contributed by atoms with Crippen molar-refractivity contribution in [2.45, 2.75) is 6.04 Å². The molecule has 0 saturated carbocycles. The van der Waals surface area contributed by atoms with E-state index in [2.05, 4.69) is 6.58 Å². The fourth-order valence-electron chi connectivity index (χ4n) is 0.0913. The second-order valence-electron chi connectivity index (χ2n) is 0.801. The van der Waals surface area contributed by atoms with Crippen LogP contribution in [0.2, 0.25) is 6.04 Å². The molecule has 0 saturated heterocycles. The van der Waals surface area contributed by atoms with E-state index >= 15 is 0 Å². The summed E-state index contributed by atoms with van der Waals surface area (Å²) in [6, 6.07) is 0.847. The second kappa shape index (κ2) is 9.75. The van der Waals surface area contributed by atoms with Gasteiger partial charge in [0.05, 0.1) is 0 Å². The molecule has 3 heteroatoms. The number of allylic oxidation sites excluding steroid dienone is 1. The summed E-state index contributed by atoms with van der Waals surface area (Å²) in [5.41, 5.74) is 0. The van der Waals surface area contributed by atoms with Gasteiger partial charge in [-0.05, 0) is 6.04 Å². The summed E-state index contributed by atoms with van der Waals surface area (Å²) in [7, 11) is -0.704. The zero-order chi connectivity index (χ0) is 4.12. The average molecular weight is 128 g/mol. The third-order valence-corrected chi connectivity index (χ3v) is 1.000. The SMILES string of the molecule is C=CC[SiH2]O.[KH]. The van der Waals surface area contributed by atoms with Gasteiger partial charge in [0.25, 0.3) is 0 Å². The minimum absolute atomic E-state index is 0. The molecule has 0 amide bonds. The Morgan fingerprint density at radius 1 is 1.83 bits per heavy atom. The standard InChI is InChI=1S/C3H8OSi.K.H/c1-2-3-5-4;;/h2,4H,1,3,5H2;;. The van der Waals surface area contributed by atoms with E-state index in [1.165, 1.54) is 0 Å². The molecule has 0 bridgehead atoms. The molecule has 0 radical (unpaired) electrons. The number of rotatable bonds is 2. The Kier molecular flexibility index (Phi) is 17.1. The third-order valence-electron chi connectivity index (χ3n) is 0.333. The zero-order valence-corrected chi connectivity index (χ0v) is 4.56. The minimum atomic E-state index is -0.704. The molecule has 0 atom stereocenters. The molecule has 0 aromatic carbocycles. The van der Waals surface area contributed by atoms with Crippen LogP contribution in [-0.2, 0) is 0 Å². The maximum absolute atomic E-state index is 8.13. The Hall–Kier alpha value is 1.55. The Bertz CT molecular complexity index is 32.0. The topological polar surface area (TPSA) is 20.2 Å². The van der Waals surface area contributed by atoms with Crippen LogP contribution in [0.15, 0.2) is 12.7 Å². The van der Waals surface area contributed by atoms with E-state index in [1.54, 1.807) is 6.08 Å². The molecule has 0 aliphatic carbocycles. The summed E-state index contributed by atoms with van der Waals surface area (Å²) in [4.78, 5) is 8.13. The van der Waals surface area contributed by atoms with Gasteiger partial charge in [-0.15, -0.1) is 6.58 Å². The molecule has 1 nitrogen and oxygen atoms in total. The molecule has 0 spiro atoms.